The van der Waals surface area contributed by atoms with Crippen LogP contribution in [0.25, 0.3) is 0 Å². The highest BCUT2D eigenvalue weighted by Gasteiger charge is 2.17. The molecule has 0 bridgehead atoms. The molecule has 7 heteroatoms. The van der Waals surface area contributed by atoms with Crippen LogP contribution in [0.3, 0.4) is 0 Å². The molecule has 0 aliphatic heterocycles. The molecule has 0 spiro atoms. The quantitative estimate of drug-likeness (QED) is 0.631. The number of hydrogen-bond acceptors (Lipinski definition) is 5. The molecule has 22 heavy (non-hydrogen) atoms. The number of hydrogen-bond donors (Lipinski definition) is 2. The van der Waals surface area contributed by atoms with E-state index >= 15 is 0 Å². The summed E-state index contributed by atoms with van der Waals surface area (Å²) >= 11 is 1.30. The first kappa shape index (κ1) is 16.2. The van der Waals surface area contributed by atoms with Gasteiger partial charge in [-0.2, -0.15) is 0 Å². The van der Waals surface area contributed by atoms with Crippen molar-refractivity contribution >= 4 is 29.1 Å². The summed E-state index contributed by atoms with van der Waals surface area (Å²) in [6.45, 7) is 5.29. The van der Waals surface area contributed by atoms with Crippen molar-refractivity contribution in [1.82, 2.24) is 15.2 Å². The molecule has 0 aliphatic rings. The zero-order chi connectivity index (χ0) is 16.1. The minimum atomic E-state index is -0.326. The molecule has 1 aromatic heterocycles. The topological polar surface area (TPSA) is 87.7 Å². The number of aromatic amines is 1. The highest BCUT2D eigenvalue weighted by molar-refractivity contribution is 8.00. The lowest BCUT2D eigenvalue weighted by molar-refractivity contribution is -0.115. The molecule has 1 atom stereocenters. The number of benzene rings is 1. The van der Waals surface area contributed by atoms with Gasteiger partial charge in [-0.1, -0.05) is 18.7 Å². The molecule has 2 aromatic rings. The Balaban J connectivity index is 1.94. The van der Waals surface area contributed by atoms with Gasteiger partial charge in [0.15, 0.2) is 5.78 Å². The van der Waals surface area contributed by atoms with Crippen molar-refractivity contribution in [3.8, 4) is 0 Å². The maximum Gasteiger partial charge on any atom is 0.237 e. The molecule has 0 saturated heterocycles. The van der Waals surface area contributed by atoms with E-state index in [0.717, 1.165) is 12.2 Å². The lowest BCUT2D eigenvalue weighted by Gasteiger charge is -2.10. The molecule has 1 heterocycles. The van der Waals surface area contributed by atoms with Gasteiger partial charge in [0.1, 0.15) is 5.82 Å². The monoisotopic (exact) mass is 318 g/mol. The van der Waals surface area contributed by atoms with Crippen LogP contribution in [0.5, 0.6) is 0 Å². The van der Waals surface area contributed by atoms with E-state index in [1.165, 1.54) is 18.7 Å². The Kier molecular flexibility index (Phi) is 5.32. The zero-order valence-electron chi connectivity index (χ0n) is 12.7. The van der Waals surface area contributed by atoms with Gasteiger partial charge in [0, 0.05) is 17.7 Å². The number of H-pyrrole nitrogens is 1. The number of amides is 1. The van der Waals surface area contributed by atoms with E-state index in [0.29, 0.717) is 16.4 Å². The van der Waals surface area contributed by atoms with E-state index < -0.39 is 0 Å². The van der Waals surface area contributed by atoms with Crippen molar-refractivity contribution in [1.29, 1.82) is 0 Å². The van der Waals surface area contributed by atoms with Gasteiger partial charge in [-0.15, -0.1) is 5.10 Å². The first-order chi connectivity index (χ1) is 10.5. The fourth-order valence-electron chi connectivity index (χ4n) is 1.73. The van der Waals surface area contributed by atoms with Crippen LogP contribution in [0.1, 0.15) is 37.0 Å². The average Bonchev–Trinajstić information content (AvgIpc) is 2.95. The molecule has 0 fully saturated rings. The minimum absolute atomic E-state index is 0.00173. The number of carbonyl (C=O) groups is 2. The summed E-state index contributed by atoms with van der Waals surface area (Å²) in [5.74, 6) is 0.663. The number of ketones is 1. The number of aromatic nitrogens is 3. The van der Waals surface area contributed by atoms with Crippen molar-refractivity contribution in [2.75, 3.05) is 5.32 Å². The van der Waals surface area contributed by atoms with Crippen LogP contribution in [0.4, 0.5) is 5.69 Å². The summed E-state index contributed by atoms with van der Waals surface area (Å²) in [7, 11) is 0. The molecule has 0 saturated carbocycles. The Hall–Kier alpha value is -2.15. The van der Waals surface area contributed by atoms with Gasteiger partial charge in [-0.05, 0) is 38.1 Å². The standard InChI is InChI=1S/C15H18N4O2S/c1-4-13-17-15(19-18-13)22-10(3)14(21)16-12-7-5-11(6-8-12)9(2)20/h5-8,10H,4H2,1-3H3,(H,16,21)(H,17,18,19)/t10-/m0/s1. The molecule has 0 radical (unpaired) electrons. The van der Waals surface area contributed by atoms with Gasteiger partial charge < -0.3 is 5.32 Å². The van der Waals surface area contributed by atoms with Gasteiger partial charge in [0.2, 0.25) is 11.1 Å². The summed E-state index contributed by atoms with van der Waals surface area (Å²) in [5, 5.41) is 9.93. The fourth-order valence-corrected chi connectivity index (χ4v) is 2.48. The summed E-state index contributed by atoms with van der Waals surface area (Å²) in [6.07, 6.45) is 0.774. The highest BCUT2D eigenvalue weighted by Crippen LogP contribution is 2.21. The van der Waals surface area contributed by atoms with Crippen LogP contribution in [0.2, 0.25) is 0 Å². The van der Waals surface area contributed by atoms with E-state index in [9.17, 15) is 9.59 Å². The van der Waals surface area contributed by atoms with Crippen molar-refractivity contribution in [2.24, 2.45) is 0 Å². The Morgan fingerprint density at radius 3 is 2.55 bits per heavy atom. The lowest BCUT2D eigenvalue weighted by Crippen LogP contribution is -2.22. The molecule has 2 rings (SSSR count). The molecule has 6 nitrogen and oxygen atoms in total. The number of Topliss-reactive ketones (excluding diaryl/α,β-unsaturated/α-hetero) is 1. The van der Waals surface area contributed by atoms with Crippen LogP contribution in [0, 0.1) is 0 Å². The first-order valence-corrected chi connectivity index (χ1v) is 7.87. The predicted molar refractivity (Wildman–Crippen MR) is 86.2 cm³/mol. The normalized spacial score (nSPS) is 12.0. The number of nitrogens with zero attached hydrogens (tertiary/aromatic N) is 2. The maximum absolute atomic E-state index is 12.1. The van der Waals surface area contributed by atoms with Gasteiger partial charge in [-0.3, -0.25) is 14.7 Å². The van der Waals surface area contributed by atoms with Crippen molar-refractivity contribution in [2.45, 2.75) is 37.6 Å². The molecule has 2 N–H and O–H groups in total. The Bertz CT molecular complexity index is 666. The van der Waals surface area contributed by atoms with Crippen molar-refractivity contribution in [3.63, 3.8) is 0 Å². The number of rotatable bonds is 6. The average molecular weight is 318 g/mol. The molecule has 0 aliphatic carbocycles. The van der Waals surface area contributed by atoms with Crippen molar-refractivity contribution in [3.05, 3.63) is 35.7 Å². The zero-order valence-corrected chi connectivity index (χ0v) is 13.5. The second kappa shape index (κ2) is 7.22. The third kappa shape index (κ3) is 4.17. The van der Waals surface area contributed by atoms with Gasteiger partial charge in [-0.25, -0.2) is 4.98 Å². The first-order valence-electron chi connectivity index (χ1n) is 6.99. The number of carbonyl (C=O) groups excluding carboxylic acids is 2. The molecular formula is C15H18N4O2S. The molecule has 116 valence electrons. The second-order valence-corrected chi connectivity index (χ2v) is 6.11. The third-order valence-corrected chi connectivity index (χ3v) is 4.02. The van der Waals surface area contributed by atoms with E-state index in [-0.39, 0.29) is 16.9 Å². The maximum atomic E-state index is 12.1. The van der Waals surface area contributed by atoms with E-state index in [4.69, 9.17) is 0 Å². The number of thioether (sulfide) groups is 1. The van der Waals surface area contributed by atoms with Crippen LogP contribution >= 0.6 is 11.8 Å². The number of aryl methyl sites for hydroxylation is 1. The molecule has 1 aromatic carbocycles. The Morgan fingerprint density at radius 1 is 1.32 bits per heavy atom. The van der Waals surface area contributed by atoms with Crippen LogP contribution in [-0.2, 0) is 11.2 Å². The summed E-state index contributed by atoms with van der Waals surface area (Å²) in [5.41, 5.74) is 1.28. The van der Waals surface area contributed by atoms with Gasteiger partial charge >= 0.3 is 0 Å². The molecule has 1 amide bonds. The minimum Gasteiger partial charge on any atom is -0.325 e. The smallest absolute Gasteiger partial charge is 0.237 e. The van der Waals surface area contributed by atoms with Gasteiger partial charge in [0.05, 0.1) is 5.25 Å². The summed E-state index contributed by atoms with van der Waals surface area (Å²) < 4.78 is 0. The van der Waals surface area contributed by atoms with E-state index in [2.05, 4.69) is 20.5 Å². The molecule has 0 unspecified atom stereocenters. The number of nitrogens with one attached hydrogen (secondary N) is 2. The largest absolute Gasteiger partial charge is 0.325 e. The third-order valence-electron chi connectivity index (χ3n) is 3.06. The fraction of sp³-hybridized carbons (Fsp3) is 0.333. The molecular weight excluding hydrogens is 300 g/mol. The van der Waals surface area contributed by atoms with Crippen LogP contribution in [-0.4, -0.2) is 32.1 Å². The van der Waals surface area contributed by atoms with Crippen LogP contribution < -0.4 is 5.32 Å². The second-order valence-electron chi connectivity index (χ2n) is 4.80. The van der Waals surface area contributed by atoms with Crippen LogP contribution in [0.15, 0.2) is 29.4 Å². The summed E-state index contributed by atoms with van der Waals surface area (Å²) in [4.78, 5) is 27.6. The predicted octanol–water partition coefficient (Wildman–Crippen LogP) is 2.69. The number of anilines is 1. The van der Waals surface area contributed by atoms with Gasteiger partial charge in [0.25, 0.3) is 0 Å². The van der Waals surface area contributed by atoms with Crippen molar-refractivity contribution < 1.29 is 9.59 Å². The SMILES string of the molecule is CCc1nc(S[C@@H](C)C(=O)Nc2ccc(C(C)=O)cc2)n[nH]1. The summed E-state index contributed by atoms with van der Waals surface area (Å²) in [6, 6.07) is 6.82. The van der Waals surface area contributed by atoms with E-state index in [1.807, 2.05) is 6.92 Å². The lowest BCUT2D eigenvalue weighted by atomic mass is 10.1. The Labute approximate surface area is 133 Å². The van der Waals surface area contributed by atoms with E-state index in [1.54, 1.807) is 31.2 Å². The Morgan fingerprint density at radius 2 is 2.00 bits per heavy atom. The highest BCUT2D eigenvalue weighted by atomic mass is 32.2.